The third-order valence-electron chi connectivity index (χ3n) is 8.54. The Morgan fingerprint density at radius 1 is 0.870 bits per heavy atom. The number of aliphatic hydroxyl groups is 1. The van der Waals surface area contributed by atoms with Crippen LogP contribution >= 0.6 is 11.8 Å². The first-order valence-corrected chi connectivity index (χ1v) is 18.4. The fourth-order valence-electron chi connectivity index (χ4n) is 6.15. The number of hydrogen-bond acceptors (Lipinski definition) is 17. The number of aliphatic hydroxyl groups excluding tert-OH is 1. The second-order valence-corrected chi connectivity index (χ2v) is 13.7. The number of hydrogen-bond donors (Lipinski definition) is 2. The zero-order chi connectivity index (χ0) is 39.3. The zero-order valence-corrected chi connectivity index (χ0v) is 31.5. The van der Waals surface area contributed by atoms with Crippen LogP contribution in [0.4, 0.5) is 0 Å². The molecule has 0 amide bonds. The number of thioether (sulfide) groups is 1. The SMILES string of the molecule is CCSC1OC(COC(=O)c2ccccc2)C(O)C(OC2(C(=O)OC)CC(OC(C)=O)C(NOC)C(CCCOC(C)=O)O2)C1OC(=O)c1ccccc1. The molecule has 4 rings (SSSR count). The van der Waals surface area contributed by atoms with Gasteiger partial charge in [0.25, 0.3) is 5.79 Å². The summed E-state index contributed by atoms with van der Waals surface area (Å²) in [6.07, 6.45) is -8.16. The molecule has 2 N–H and O–H groups in total. The summed E-state index contributed by atoms with van der Waals surface area (Å²) in [4.78, 5) is 69.4. The summed E-state index contributed by atoms with van der Waals surface area (Å²) >= 11 is 1.22. The molecule has 9 atom stereocenters. The van der Waals surface area contributed by atoms with E-state index in [0.717, 1.165) is 7.11 Å². The van der Waals surface area contributed by atoms with E-state index in [0.29, 0.717) is 5.75 Å². The van der Waals surface area contributed by atoms with E-state index in [4.69, 9.17) is 42.7 Å². The lowest BCUT2D eigenvalue weighted by Crippen LogP contribution is -2.68. The van der Waals surface area contributed by atoms with Crippen molar-refractivity contribution in [3.8, 4) is 0 Å². The van der Waals surface area contributed by atoms with Gasteiger partial charge in [-0.15, -0.1) is 11.8 Å². The van der Waals surface area contributed by atoms with Crippen molar-refractivity contribution in [2.75, 3.05) is 33.2 Å². The van der Waals surface area contributed by atoms with Gasteiger partial charge in [-0.2, -0.15) is 5.48 Å². The van der Waals surface area contributed by atoms with Crippen molar-refractivity contribution in [1.82, 2.24) is 5.48 Å². The Kier molecular flexibility index (Phi) is 16.2. The van der Waals surface area contributed by atoms with Gasteiger partial charge in [0.15, 0.2) is 6.10 Å². The van der Waals surface area contributed by atoms with Crippen molar-refractivity contribution in [2.45, 2.75) is 93.9 Å². The van der Waals surface area contributed by atoms with Crippen LogP contribution in [-0.4, -0.2) is 122 Å². The van der Waals surface area contributed by atoms with Crippen LogP contribution in [0.2, 0.25) is 0 Å². The van der Waals surface area contributed by atoms with Crippen LogP contribution in [0, 0.1) is 0 Å². The molecule has 2 saturated heterocycles. The highest BCUT2D eigenvalue weighted by Gasteiger charge is 2.60. The maximum Gasteiger partial charge on any atom is 0.366 e. The summed E-state index contributed by atoms with van der Waals surface area (Å²) in [5.74, 6) is -5.64. The molecule has 0 spiro atoms. The molecule has 2 heterocycles. The lowest BCUT2D eigenvalue weighted by atomic mass is 9.90. The van der Waals surface area contributed by atoms with Crippen LogP contribution < -0.4 is 5.48 Å². The zero-order valence-electron chi connectivity index (χ0n) is 30.7. The Morgan fingerprint density at radius 2 is 1.52 bits per heavy atom. The van der Waals surface area contributed by atoms with Crippen molar-refractivity contribution in [3.05, 3.63) is 71.8 Å². The molecule has 54 heavy (non-hydrogen) atoms. The van der Waals surface area contributed by atoms with Gasteiger partial charge in [0.2, 0.25) is 0 Å². The van der Waals surface area contributed by atoms with Crippen LogP contribution in [0.3, 0.4) is 0 Å². The maximum absolute atomic E-state index is 13.9. The molecule has 296 valence electrons. The van der Waals surface area contributed by atoms with Gasteiger partial charge in [-0.1, -0.05) is 43.3 Å². The van der Waals surface area contributed by atoms with Crippen molar-refractivity contribution in [3.63, 3.8) is 0 Å². The number of methoxy groups -OCH3 is 1. The Balaban J connectivity index is 1.75. The number of nitrogens with one attached hydrogen (secondary N) is 1. The van der Waals surface area contributed by atoms with Gasteiger partial charge in [-0.25, -0.2) is 14.4 Å². The molecule has 9 unspecified atom stereocenters. The molecule has 16 nitrogen and oxygen atoms in total. The summed E-state index contributed by atoms with van der Waals surface area (Å²) in [5.41, 5.74) is 2.21. The molecule has 17 heteroatoms. The standard InChI is InChI=1S/C37H47NO15S/c1-6-54-35-32(51-34(43)25-16-11-8-12-17-25)31(30(41)28(50-35)21-48-33(42)24-14-9-7-10-15-24)53-37(36(44)45-4)20-27(49-23(3)40)29(38-46-5)26(52-37)18-13-19-47-22(2)39/h7-12,14-17,26-32,35,38,41H,6,13,18-21H2,1-5H3. The molecule has 2 aromatic rings. The Labute approximate surface area is 317 Å². The number of rotatable bonds is 17. The van der Waals surface area contributed by atoms with Gasteiger partial charge in [-0.3, -0.25) is 9.59 Å². The lowest BCUT2D eigenvalue weighted by Gasteiger charge is -2.50. The maximum atomic E-state index is 13.9. The third-order valence-corrected chi connectivity index (χ3v) is 9.58. The van der Waals surface area contributed by atoms with E-state index < -0.39 is 96.8 Å². The first-order valence-electron chi connectivity index (χ1n) is 17.4. The van der Waals surface area contributed by atoms with Gasteiger partial charge < -0.3 is 47.8 Å². The molecule has 0 saturated carbocycles. The molecule has 2 aromatic carbocycles. The highest BCUT2D eigenvalue weighted by Crippen LogP contribution is 2.41. The fourth-order valence-corrected chi connectivity index (χ4v) is 7.10. The van der Waals surface area contributed by atoms with Crippen molar-refractivity contribution in [2.24, 2.45) is 0 Å². The van der Waals surface area contributed by atoms with E-state index in [9.17, 15) is 29.1 Å². The van der Waals surface area contributed by atoms with Crippen molar-refractivity contribution < 1.29 is 71.8 Å². The van der Waals surface area contributed by atoms with Crippen LogP contribution in [-0.2, 0) is 57.1 Å². The third kappa shape index (κ3) is 11.2. The highest BCUT2D eigenvalue weighted by atomic mass is 32.2. The van der Waals surface area contributed by atoms with E-state index in [2.05, 4.69) is 5.48 Å². The number of carbonyl (C=O) groups excluding carboxylic acids is 5. The Hall–Kier alpha value is -4.10. The topological polar surface area (TPSA) is 201 Å². The number of ether oxygens (including phenoxy) is 8. The average Bonchev–Trinajstić information content (AvgIpc) is 3.16. The lowest BCUT2D eigenvalue weighted by molar-refractivity contribution is -0.344. The molecule has 0 aliphatic carbocycles. The predicted molar refractivity (Wildman–Crippen MR) is 190 cm³/mol. The van der Waals surface area contributed by atoms with E-state index in [1.807, 2.05) is 6.92 Å². The van der Waals surface area contributed by atoms with E-state index in [-0.39, 0.29) is 30.6 Å². The number of esters is 5. The van der Waals surface area contributed by atoms with E-state index in [1.54, 1.807) is 60.7 Å². The van der Waals surface area contributed by atoms with Gasteiger partial charge >= 0.3 is 29.8 Å². The summed E-state index contributed by atoms with van der Waals surface area (Å²) in [6.45, 7) is 3.84. The predicted octanol–water partition coefficient (Wildman–Crippen LogP) is 2.75. The molecule has 2 aliphatic rings. The molecule has 0 bridgehead atoms. The normalized spacial score (nSPS) is 28.0. The monoisotopic (exact) mass is 777 g/mol. The summed E-state index contributed by atoms with van der Waals surface area (Å²) in [5, 5.41) is 12.0. The highest BCUT2D eigenvalue weighted by molar-refractivity contribution is 7.99. The minimum atomic E-state index is -2.39. The van der Waals surface area contributed by atoms with Gasteiger partial charge in [-0.05, 0) is 42.9 Å². The Morgan fingerprint density at radius 3 is 2.09 bits per heavy atom. The molecule has 2 aliphatic heterocycles. The number of hydroxylamine groups is 1. The largest absolute Gasteiger partial charge is 0.466 e. The molecular weight excluding hydrogens is 730 g/mol. The first-order chi connectivity index (χ1) is 25.9. The summed E-state index contributed by atoms with van der Waals surface area (Å²) in [7, 11) is 2.45. The molecule has 0 aromatic heterocycles. The van der Waals surface area contributed by atoms with Gasteiger partial charge in [0.1, 0.15) is 36.5 Å². The summed E-state index contributed by atoms with van der Waals surface area (Å²) in [6, 6.07) is 15.4. The number of benzene rings is 2. The molecular formula is C37H47NO15S. The van der Waals surface area contributed by atoms with Crippen LogP contribution in [0.25, 0.3) is 0 Å². The van der Waals surface area contributed by atoms with E-state index >= 15 is 0 Å². The van der Waals surface area contributed by atoms with Crippen LogP contribution in [0.15, 0.2) is 60.7 Å². The Bertz CT molecular complexity index is 1550. The smallest absolute Gasteiger partial charge is 0.366 e. The van der Waals surface area contributed by atoms with E-state index in [1.165, 1.54) is 32.7 Å². The minimum absolute atomic E-state index is 0.00863. The number of carbonyl (C=O) groups is 5. The second-order valence-electron chi connectivity index (χ2n) is 12.4. The van der Waals surface area contributed by atoms with Crippen molar-refractivity contribution >= 4 is 41.6 Å². The summed E-state index contributed by atoms with van der Waals surface area (Å²) < 4.78 is 46.7. The first kappa shape index (κ1) is 42.6. The molecule has 0 radical (unpaired) electrons. The fraction of sp³-hybridized carbons (Fsp3) is 0.541. The quantitative estimate of drug-likeness (QED) is 0.103. The van der Waals surface area contributed by atoms with Gasteiger partial charge in [0, 0.05) is 13.8 Å². The van der Waals surface area contributed by atoms with Crippen molar-refractivity contribution in [1.29, 1.82) is 0 Å². The van der Waals surface area contributed by atoms with Crippen LogP contribution in [0.5, 0.6) is 0 Å². The minimum Gasteiger partial charge on any atom is -0.466 e. The molecule has 2 fully saturated rings. The van der Waals surface area contributed by atoms with Gasteiger partial charge in [0.05, 0.1) is 50.5 Å². The average molecular weight is 778 g/mol. The van der Waals surface area contributed by atoms with Crippen LogP contribution in [0.1, 0.15) is 60.7 Å². The second kappa shape index (κ2) is 20.5.